The molecule has 1 aliphatic carbocycles. The summed E-state index contributed by atoms with van der Waals surface area (Å²) in [5.41, 5.74) is 6.86. The Morgan fingerprint density at radius 3 is 2.31 bits per heavy atom. The highest BCUT2D eigenvalue weighted by atomic mass is 16.2. The van der Waals surface area contributed by atoms with Gasteiger partial charge in [-0.1, -0.05) is 42.5 Å². The van der Waals surface area contributed by atoms with Crippen LogP contribution in [0.5, 0.6) is 0 Å². The van der Waals surface area contributed by atoms with Crippen molar-refractivity contribution in [3.05, 3.63) is 85.2 Å². The Morgan fingerprint density at radius 1 is 0.731 bits per heavy atom. The van der Waals surface area contributed by atoms with Crippen LogP contribution in [0.15, 0.2) is 52.1 Å². The van der Waals surface area contributed by atoms with Crippen LogP contribution in [0.2, 0.25) is 0 Å². The van der Waals surface area contributed by atoms with Crippen LogP contribution in [-0.2, 0) is 25.8 Å². The molecule has 26 heavy (non-hydrogen) atoms. The summed E-state index contributed by atoms with van der Waals surface area (Å²) in [7, 11) is 0. The molecular weight excluding hydrogens is 322 g/mol. The molecule has 5 rings (SSSR count). The van der Waals surface area contributed by atoms with Gasteiger partial charge in [-0.2, -0.15) is 0 Å². The molecule has 3 aromatic carbocycles. The molecule has 0 aromatic heterocycles. The van der Waals surface area contributed by atoms with Gasteiger partial charge in [0.05, 0.1) is 5.56 Å². The second-order valence-electron chi connectivity index (χ2n) is 7.51. The zero-order valence-electron chi connectivity index (χ0n) is 14.8. The van der Waals surface area contributed by atoms with Crippen molar-refractivity contribution in [2.75, 3.05) is 11.4 Å². The largest absolute Gasteiger partial charge is 0.363 e. The van der Waals surface area contributed by atoms with E-state index in [1.807, 2.05) is 12.1 Å². The van der Waals surface area contributed by atoms with Gasteiger partial charge in [-0.25, -0.2) is 0 Å². The molecule has 1 aliphatic heterocycles. The van der Waals surface area contributed by atoms with Gasteiger partial charge >= 0.3 is 0 Å². The van der Waals surface area contributed by atoms with Crippen LogP contribution in [0.25, 0.3) is 11.1 Å². The summed E-state index contributed by atoms with van der Waals surface area (Å²) in [5.74, 6) is 0. The van der Waals surface area contributed by atoms with Gasteiger partial charge in [0, 0.05) is 13.1 Å². The Morgan fingerprint density at radius 2 is 1.46 bits per heavy atom. The lowest BCUT2D eigenvalue weighted by atomic mass is 9.87. The van der Waals surface area contributed by atoms with Crippen LogP contribution in [0.3, 0.4) is 0 Å². The third kappa shape index (κ3) is 2.34. The van der Waals surface area contributed by atoms with Crippen molar-refractivity contribution in [1.29, 1.82) is 0 Å². The Balaban J connectivity index is 1.54. The molecule has 2 aliphatic rings. The Hall–Kier alpha value is -2.68. The number of rotatable bonds is 2. The highest BCUT2D eigenvalue weighted by Gasteiger charge is 2.29. The second-order valence-corrected chi connectivity index (χ2v) is 7.51. The highest BCUT2D eigenvalue weighted by molar-refractivity contribution is 5.83. The SMILES string of the molecule is O=c1c(-c2ccc3c(c2)CCCC3)c(N2CCc3ccccc3C2)c1=O. The predicted molar refractivity (Wildman–Crippen MR) is 105 cm³/mol. The number of hydrogen-bond donors (Lipinski definition) is 0. The molecule has 0 bridgehead atoms. The van der Waals surface area contributed by atoms with Gasteiger partial charge in [-0.15, -0.1) is 0 Å². The van der Waals surface area contributed by atoms with Crippen molar-refractivity contribution in [1.82, 2.24) is 0 Å². The summed E-state index contributed by atoms with van der Waals surface area (Å²) in [6.45, 7) is 1.50. The monoisotopic (exact) mass is 343 g/mol. The maximum atomic E-state index is 12.4. The molecule has 1 heterocycles. The van der Waals surface area contributed by atoms with E-state index in [0.29, 0.717) is 17.8 Å². The number of benzene rings is 2. The van der Waals surface area contributed by atoms with Crippen LogP contribution in [0.4, 0.5) is 5.69 Å². The van der Waals surface area contributed by atoms with E-state index in [1.54, 1.807) is 0 Å². The predicted octanol–water partition coefficient (Wildman–Crippen LogP) is 3.39. The summed E-state index contributed by atoms with van der Waals surface area (Å²) < 4.78 is 0. The highest BCUT2D eigenvalue weighted by Crippen LogP contribution is 2.33. The fourth-order valence-corrected chi connectivity index (χ4v) is 4.52. The van der Waals surface area contributed by atoms with Gasteiger partial charge in [-0.3, -0.25) is 9.59 Å². The molecule has 0 radical (unpaired) electrons. The van der Waals surface area contributed by atoms with Crippen LogP contribution in [0, 0.1) is 0 Å². The van der Waals surface area contributed by atoms with E-state index < -0.39 is 0 Å². The number of fused-ring (bicyclic) bond motifs is 2. The second kappa shape index (κ2) is 5.94. The third-order valence-electron chi connectivity index (χ3n) is 5.97. The molecule has 0 saturated carbocycles. The van der Waals surface area contributed by atoms with Crippen molar-refractivity contribution in [2.24, 2.45) is 0 Å². The molecule has 130 valence electrons. The fourth-order valence-electron chi connectivity index (χ4n) is 4.52. The van der Waals surface area contributed by atoms with Gasteiger partial charge in [-0.05, 0) is 59.9 Å². The molecular formula is C23H21NO2. The van der Waals surface area contributed by atoms with E-state index in [9.17, 15) is 9.59 Å². The van der Waals surface area contributed by atoms with Gasteiger partial charge < -0.3 is 4.90 Å². The van der Waals surface area contributed by atoms with E-state index in [4.69, 9.17) is 0 Å². The minimum absolute atomic E-state index is 0.322. The standard InChI is InChI=1S/C23H21NO2/c25-22-20(18-10-9-15-5-1-3-7-17(15)13-18)21(23(22)26)24-12-11-16-6-2-4-8-19(16)14-24/h2,4,6,8-10,13H,1,3,5,7,11-12,14H2. The van der Waals surface area contributed by atoms with Crippen molar-refractivity contribution < 1.29 is 0 Å². The lowest BCUT2D eigenvalue weighted by molar-refractivity contribution is 0.686. The van der Waals surface area contributed by atoms with E-state index >= 15 is 0 Å². The van der Waals surface area contributed by atoms with E-state index in [1.165, 1.54) is 35.1 Å². The summed E-state index contributed by atoms with van der Waals surface area (Å²) in [5, 5.41) is 0. The quantitative estimate of drug-likeness (QED) is 0.670. The molecule has 3 heteroatoms. The number of nitrogens with zero attached hydrogens (tertiary/aromatic N) is 1. The van der Waals surface area contributed by atoms with E-state index in [2.05, 4.69) is 35.2 Å². The summed E-state index contributed by atoms with van der Waals surface area (Å²) in [4.78, 5) is 26.9. The van der Waals surface area contributed by atoms with Crippen LogP contribution in [0.1, 0.15) is 35.1 Å². The minimum Gasteiger partial charge on any atom is -0.363 e. The van der Waals surface area contributed by atoms with Gasteiger partial charge in [0.25, 0.3) is 0 Å². The molecule has 0 spiro atoms. The smallest absolute Gasteiger partial charge is 0.250 e. The first kappa shape index (κ1) is 15.6. The lowest BCUT2D eigenvalue weighted by Crippen LogP contribution is -2.44. The number of aryl methyl sites for hydroxylation is 2. The van der Waals surface area contributed by atoms with Gasteiger partial charge in [0.1, 0.15) is 5.69 Å². The summed E-state index contributed by atoms with van der Waals surface area (Å²) in [6.07, 6.45) is 5.56. The average molecular weight is 343 g/mol. The van der Waals surface area contributed by atoms with Crippen molar-refractivity contribution >= 4 is 5.69 Å². The maximum Gasteiger partial charge on any atom is 0.250 e. The zero-order chi connectivity index (χ0) is 17.7. The first-order valence-electron chi connectivity index (χ1n) is 9.49. The van der Waals surface area contributed by atoms with Gasteiger partial charge in [0.15, 0.2) is 0 Å². The zero-order valence-corrected chi connectivity index (χ0v) is 14.8. The van der Waals surface area contributed by atoms with Crippen LogP contribution in [-0.4, -0.2) is 6.54 Å². The van der Waals surface area contributed by atoms with Gasteiger partial charge in [0.2, 0.25) is 10.9 Å². The fraction of sp³-hybridized carbons (Fsp3) is 0.304. The summed E-state index contributed by atoms with van der Waals surface area (Å²) >= 11 is 0. The molecule has 0 atom stereocenters. The lowest BCUT2D eigenvalue weighted by Gasteiger charge is -2.32. The van der Waals surface area contributed by atoms with Crippen LogP contribution < -0.4 is 15.8 Å². The molecule has 0 unspecified atom stereocenters. The molecule has 0 N–H and O–H groups in total. The summed E-state index contributed by atoms with van der Waals surface area (Å²) in [6, 6.07) is 14.7. The Kier molecular flexibility index (Phi) is 3.56. The molecule has 0 saturated heterocycles. The molecule has 3 nitrogen and oxygen atoms in total. The Bertz CT molecular complexity index is 1070. The molecule has 0 fully saturated rings. The topological polar surface area (TPSA) is 37.4 Å². The van der Waals surface area contributed by atoms with Crippen molar-refractivity contribution in [3.8, 4) is 11.1 Å². The van der Waals surface area contributed by atoms with Crippen molar-refractivity contribution in [3.63, 3.8) is 0 Å². The number of anilines is 1. The number of hydrogen-bond acceptors (Lipinski definition) is 3. The van der Waals surface area contributed by atoms with E-state index in [0.717, 1.165) is 31.4 Å². The minimum atomic E-state index is -0.324. The average Bonchev–Trinajstić information content (AvgIpc) is 2.70. The first-order chi connectivity index (χ1) is 12.7. The normalized spacial score (nSPS) is 16.4. The molecule has 3 aromatic rings. The molecule has 0 amide bonds. The maximum absolute atomic E-state index is 12.4. The van der Waals surface area contributed by atoms with Crippen molar-refractivity contribution in [2.45, 2.75) is 38.6 Å². The Labute approximate surface area is 152 Å². The van der Waals surface area contributed by atoms with Crippen LogP contribution >= 0.6 is 0 Å². The van der Waals surface area contributed by atoms with E-state index in [-0.39, 0.29) is 10.9 Å². The first-order valence-corrected chi connectivity index (χ1v) is 9.49. The third-order valence-corrected chi connectivity index (χ3v) is 5.97.